The van der Waals surface area contributed by atoms with Crippen LogP contribution in [0.15, 0.2) is 0 Å². The molecule has 0 saturated carbocycles. The summed E-state index contributed by atoms with van der Waals surface area (Å²) in [6, 6.07) is 0. The van der Waals surface area contributed by atoms with E-state index in [-0.39, 0.29) is 5.91 Å². The van der Waals surface area contributed by atoms with Gasteiger partial charge in [-0.1, -0.05) is 6.92 Å². The molecule has 1 unspecified atom stereocenters. The Morgan fingerprint density at radius 3 is 2.42 bits per heavy atom. The number of likely N-dealkylation sites (N-methyl/N-ethyl adjacent to an activating group) is 2. The van der Waals surface area contributed by atoms with E-state index in [2.05, 4.69) is 5.32 Å². The number of nitrogens with zero attached hydrogens (tertiary/aromatic N) is 1. The number of hydrogen-bond acceptors (Lipinski definition) is 3. The molecule has 0 spiro atoms. The molecule has 0 bridgehead atoms. The van der Waals surface area contributed by atoms with Crippen LogP contribution in [0.1, 0.15) is 13.8 Å². The second-order valence-corrected chi connectivity index (χ2v) is 3.28. The maximum absolute atomic E-state index is 11.0. The fourth-order valence-electron chi connectivity index (χ4n) is 0.932. The first-order valence-corrected chi connectivity index (χ1v) is 4.13. The lowest BCUT2D eigenvalue weighted by Crippen LogP contribution is -2.57. The van der Waals surface area contributed by atoms with Crippen molar-refractivity contribution in [1.82, 2.24) is 10.2 Å². The second-order valence-electron chi connectivity index (χ2n) is 3.28. The highest BCUT2D eigenvalue weighted by atomic mass is 16.1. The van der Waals surface area contributed by atoms with E-state index in [0.717, 1.165) is 6.54 Å². The molecule has 0 heterocycles. The zero-order valence-electron chi connectivity index (χ0n) is 8.35. The summed E-state index contributed by atoms with van der Waals surface area (Å²) in [5.74, 6) is -0.315. The van der Waals surface area contributed by atoms with Gasteiger partial charge in [0.15, 0.2) is 0 Å². The number of rotatable bonds is 5. The molecule has 12 heavy (non-hydrogen) atoms. The summed E-state index contributed by atoms with van der Waals surface area (Å²) in [7, 11) is 3.70. The molecular weight excluding hydrogens is 154 g/mol. The summed E-state index contributed by atoms with van der Waals surface area (Å²) in [4.78, 5) is 13.1. The Hall–Kier alpha value is -0.610. The third-order valence-corrected chi connectivity index (χ3v) is 2.22. The Morgan fingerprint density at radius 2 is 2.17 bits per heavy atom. The van der Waals surface area contributed by atoms with Crippen LogP contribution in [0.25, 0.3) is 0 Å². The van der Waals surface area contributed by atoms with Gasteiger partial charge in [-0.05, 0) is 27.6 Å². The van der Waals surface area contributed by atoms with Crippen molar-refractivity contribution in [2.75, 3.05) is 27.2 Å². The van der Waals surface area contributed by atoms with Gasteiger partial charge in [0.05, 0.1) is 0 Å². The molecule has 0 saturated heterocycles. The van der Waals surface area contributed by atoms with Crippen molar-refractivity contribution in [2.45, 2.75) is 19.4 Å². The smallest absolute Gasteiger partial charge is 0.238 e. The van der Waals surface area contributed by atoms with E-state index in [1.165, 1.54) is 0 Å². The van der Waals surface area contributed by atoms with Crippen molar-refractivity contribution in [1.29, 1.82) is 0 Å². The molecule has 0 aliphatic heterocycles. The Labute approximate surface area is 74.1 Å². The van der Waals surface area contributed by atoms with Crippen LogP contribution in [0.5, 0.6) is 0 Å². The Bertz CT molecular complexity index is 160. The standard InChI is InChI=1S/C8H19N3O/c1-5-11(4)6-8(2,10-3)7(9)12/h10H,5-6H2,1-4H3,(H2,9,12). The summed E-state index contributed by atoms with van der Waals surface area (Å²) in [6.07, 6.45) is 0. The predicted octanol–water partition coefficient (Wildman–Crippen LogP) is -0.598. The van der Waals surface area contributed by atoms with Crippen LogP contribution in [-0.2, 0) is 4.79 Å². The normalized spacial score (nSPS) is 16.1. The highest BCUT2D eigenvalue weighted by Crippen LogP contribution is 2.03. The van der Waals surface area contributed by atoms with Gasteiger partial charge in [-0.15, -0.1) is 0 Å². The lowest BCUT2D eigenvalue weighted by atomic mass is 10.0. The molecule has 0 fully saturated rings. The van der Waals surface area contributed by atoms with Gasteiger partial charge in [-0.25, -0.2) is 0 Å². The first-order chi connectivity index (χ1) is 5.46. The average molecular weight is 173 g/mol. The van der Waals surface area contributed by atoms with E-state index in [1.54, 1.807) is 7.05 Å². The minimum Gasteiger partial charge on any atom is -0.368 e. The molecule has 4 heteroatoms. The van der Waals surface area contributed by atoms with E-state index in [9.17, 15) is 4.79 Å². The molecule has 4 nitrogen and oxygen atoms in total. The van der Waals surface area contributed by atoms with Crippen LogP contribution in [0, 0.1) is 0 Å². The lowest BCUT2D eigenvalue weighted by molar-refractivity contribution is -0.124. The van der Waals surface area contributed by atoms with Gasteiger partial charge in [-0.2, -0.15) is 0 Å². The summed E-state index contributed by atoms with van der Waals surface area (Å²) in [5, 5.41) is 2.93. The summed E-state index contributed by atoms with van der Waals surface area (Å²) in [5.41, 5.74) is 4.64. The van der Waals surface area contributed by atoms with Crippen LogP contribution in [0.4, 0.5) is 0 Å². The average Bonchev–Trinajstić information content (AvgIpc) is 2.03. The molecular formula is C8H19N3O. The number of primary amides is 1. The monoisotopic (exact) mass is 173 g/mol. The van der Waals surface area contributed by atoms with Crippen LogP contribution in [0.2, 0.25) is 0 Å². The van der Waals surface area contributed by atoms with E-state index in [4.69, 9.17) is 5.73 Å². The molecule has 0 aliphatic carbocycles. The van der Waals surface area contributed by atoms with Crippen LogP contribution >= 0.6 is 0 Å². The SMILES string of the molecule is CCN(C)CC(C)(NC)C(N)=O. The van der Waals surface area contributed by atoms with Crippen LogP contribution < -0.4 is 11.1 Å². The quantitative estimate of drug-likeness (QED) is 0.584. The largest absolute Gasteiger partial charge is 0.368 e. The first-order valence-electron chi connectivity index (χ1n) is 4.13. The molecule has 1 atom stereocenters. The predicted molar refractivity (Wildman–Crippen MR) is 49.8 cm³/mol. The number of carbonyl (C=O) groups excluding carboxylic acids is 1. The van der Waals surface area contributed by atoms with E-state index >= 15 is 0 Å². The highest BCUT2D eigenvalue weighted by molar-refractivity contribution is 5.84. The van der Waals surface area contributed by atoms with E-state index in [0.29, 0.717) is 6.54 Å². The van der Waals surface area contributed by atoms with Gasteiger partial charge in [-0.3, -0.25) is 4.79 Å². The first kappa shape index (κ1) is 11.4. The maximum atomic E-state index is 11.0. The van der Waals surface area contributed by atoms with Gasteiger partial charge >= 0.3 is 0 Å². The van der Waals surface area contributed by atoms with Crippen molar-refractivity contribution in [3.63, 3.8) is 0 Å². The third kappa shape index (κ3) is 2.79. The molecule has 0 aromatic rings. The molecule has 3 N–H and O–H groups in total. The molecule has 0 aliphatic rings. The molecule has 0 aromatic carbocycles. The van der Waals surface area contributed by atoms with Crippen molar-refractivity contribution in [3.8, 4) is 0 Å². The van der Waals surface area contributed by atoms with Gasteiger partial charge in [0, 0.05) is 6.54 Å². The van der Waals surface area contributed by atoms with E-state index < -0.39 is 5.54 Å². The Balaban J connectivity index is 4.23. The minimum absolute atomic E-state index is 0.315. The molecule has 0 rings (SSSR count). The third-order valence-electron chi connectivity index (χ3n) is 2.22. The second kappa shape index (κ2) is 4.42. The zero-order chi connectivity index (χ0) is 9.78. The number of amides is 1. The van der Waals surface area contributed by atoms with Crippen molar-refractivity contribution >= 4 is 5.91 Å². The number of carbonyl (C=O) groups is 1. The van der Waals surface area contributed by atoms with Crippen LogP contribution in [-0.4, -0.2) is 43.5 Å². The number of nitrogens with two attached hydrogens (primary N) is 1. The van der Waals surface area contributed by atoms with Gasteiger partial charge in [0.2, 0.25) is 5.91 Å². The zero-order valence-corrected chi connectivity index (χ0v) is 8.35. The Morgan fingerprint density at radius 1 is 1.67 bits per heavy atom. The molecule has 0 aromatic heterocycles. The highest BCUT2D eigenvalue weighted by Gasteiger charge is 2.29. The molecule has 0 radical (unpaired) electrons. The van der Waals surface area contributed by atoms with Crippen molar-refractivity contribution < 1.29 is 4.79 Å². The fourth-order valence-corrected chi connectivity index (χ4v) is 0.932. The van der Waals surface area contributed by atoms with E-state index in [1.807, 2.05) is 25.8 Å². The molecule has 1 amide bonds. The van der Waals surface area contributed by atoms with Gasteiger partial charge < -0.3 is 16.0 Å². The van der Waals surface area contributed by atoms with Gasteiger partial charge in [0.1, 0.15) is 5.54 Å². The molecule has 72 valence electrons. The summed E-state index contributed by atoms with van der Waals surface area (Å²) in [6.45, 7) is 5.39. The van der Waals surface area contributed by atoms with Crippen LogP contribution in [0.3, 0.4) is 0 Å². The summed E-state index contributed by atoms with van der Waals surface area (Å²) >= 11 is 0. The number of hydrogen-bond donors (Lipinski definition) is 2. The topological polar surface area (TPSA) is 58.4 Å². The van der Waals surface area contributed by atoms with Crippen molar-refractivity contribution in [2.24, 2.45) is 5.73 Å². The van der Waals surface area contributed by atoms with Crippen molar-refractivity contribution in [3.05, 3.63) is 0 Å². The minimum atomic E-state index is -0.620. The maximum Gasteiger partial charge on any atom is 0.238 e. The van der Waals surface area contributed by atoms with Gasteiger partial charge in [0.25, 0.3) is 0 Å². The Kier molecular flexibility index (Phi) is 4.20. The fraction of sp³-hybridized carbons (Fsp3) is 0.875. The number of nitrogens with one attached hydrogen (secondary N) is 1. The lowest BCUT2D eigenvalue weighted by Gasteiger charge is -2.29. The summed E-state index contributed by atoms with van der Waals surface area (Å²) < 4.78 is 0.